The minimum Gasteiger partial charge on any atom is -0.396 e. The maximum atomic E-state index is 12.0. The van der Waals surface area contributed by atoms with Crippen LogP contribution in [0.25, 0.3) is 0 Å². The highest BCUT2D eigenvalue weighted by Crippen LogP contribution is 2.21. The van der Waals surface area contributed by atoms with Crippen molar-refractivity contribution in [3.05, 3.63) is 0 Å². The van der Waals surface area contributed by atoms with Gasteiger partial charge in [0.1, 0.15) is 6.10 Å². The summed E-state index contributed by atoms with van der Waals surface area (Å²) in [7, 11) is 1.83. The SMILES string of the molecule is CC1CCOC1C(=O)N(C)CCCCCO. The Morgan fingerprint density at radius 3 is 2.75 bits per heavy atom. The molecule has 1 saturated heterocycles. The Labute approximate surface area is 97.6 Å². The van der Waals surface area contributed by atoms with Crippen molar-refractivity contribution in [2.45, 2.75) is 38.7 Å². The lowest BCUT2D eigenvalue weighted by atomic mass is 10.0. The first kappa shape index (κ1) is 13.5. The van der Waals surface area contributed by atoms with E-state index in [1.165, 1.54) is 0 Å². The van der Waals surface area contributed by atoms with E-state index in [1.807, 2.05) is 7.05 Å². The molecule has 0 aromatic carbocycles. The molecule has 0 aliphatic carbocycles. The molecular weight excluding hydrogens is 206 g/mol. The molecule has 2 unspecified atom stereocenters. The van der Waals surface area contributed by atoms with Crippen LogP contribution in [-0.2, 0) is 9.53 Å². The predicted molar refractivity (Wildman–Crippen MR) is 62.1 cm³/mol. The summed E-state index contributed by atoms with van der Waals surface area (Å²) < 4.78 is 5.44. The Kier molecular flexibility index (Phi) is 5.77. The largest absolute Gasteiger partial charge is 0.396 e. The first-order valence-electron chi connectivity index (χ1n) is 6.14. The number of nitrogens with zero attached hydrogens (tertiary/aromatic N) is 1. The highest BCUT2D eigenvalue weighted by atomic mass is 16.5. The molecule has 0 aromatic rings. The highest BCUT2D eigenvalue weighted by molar-refractivity contribution is 5.81. The number of carbonyl (C=O) groups excluding carboxylic acids is 1. The van der Waals surface area contributed by atoms with E-state index in [1.54, 1.807) is 4.90 Å². The van der Waals surface area contributed by atoms with E-state index in [4.69, 9.17) is 9.84 Å². The van der Waals surface area contributed by atoms with Crippen LogP contribution in [0.1, 0.15) is 32.6 Å². The molecule has 1 rings (SSSR count). The first-order chi connectivity index (χ1) is 7.66. The molecule has 0 saturated carbocycles. The quantitative estimate of drug-likeness (QED) is 0.692. The third kappa shape index (κ3) is 3.76. The molecule has 0 radical (unpaired) electrons. The number of hydrogen-bond donors (Lipinski definition) is 1. The van der Waals surface area contributed by atoms with Crippen LogP contribution < -0.4 is 0 Å². The third-order valence-corrected chi connectivity index (χ3v) is 3.16. The fraction of sp³-hybridized carbons (Fsp3) is 0.917. The van der Waals surface area contributed by atoms with Crippen LogP contribution in [0.5, 0.6) is 0 Å². The van der Waals surface area contributed by atoms with Crippen molar-refractivity contribution in [3.63, 3.8) is 0 Å². The molecule has 1 fully saturated rings. The molecule has 1 aliphatic heterocycles. The Hall–Kier alpha value is -0.610. The number of unbranched alkanes of at least 4 members (excludes halogenated alkanes) is 2. The molecule has 1 aliphatic rings. The van der Waals surface area contributed by atoms with Crippen molar-refractivity contribution in [2.24, 2.45) is 5.92 Å². The van der Waals surface area contributed by atoms with Crippen LogP contribution in [0.15, 0.2) is 0 Å². The van der Waals surface area contributed by atoms with Crippen LogP contribution in [0.4, 0.5) is 0 Å². The second-order valence-corrected chi connectivity index (χ2v) is 4.60. The standard InChI is InChI=1S/C12H23NO3/c1-10-6-9-16-11(10)12(15)13(2)7-4-3-5-8-14/h10-11,14H,3-9H2,1-2H3. The molecule has 0 aromatic heterocycles. The van der Waals surface area contributed by atoms with Crippen molar-refractivity contribution >= 4 is 5.91 Å². The summed E-state index contributed by atoms with van der Waals surface area (Å²) in [6.45, 7) is 3.76. The van der Waals surface area contributed by atoms with Gasteiger partial charge in [0.15, 0.2) is 0 Å². The van der Waals surface area contributed by atoms with Gasteiger partial charge in [-0.05, 0) is 31.6 Å². The molecule has 94 valence electrons. The van der Waals surface area contributed by atoms with Gasteiger partial charge in [-0.25, -0.2) is 0 Å². The zero-order chi connectivity index (χ0) is 12.0. The van der Waals surface area contributed by atoms with Gasteiger partial charge < -0.3 is 14.7 Å². The van der Waals surface area contributed by atoms with Crippen LogP contribution in [0.3, 0.4) is 0 Å². The summed E-state index contributed by atoms with van der Waals surface area (Å²) >= 11 is 0. The molecule has 4 nitrogen and oxygen atoms in total. The Bertz CT molecular complexity index is 220. The van der Waals surface area contributed by atoms with Gasteiger partial charge in [0.05, 0.1) is 0 Å². The van der Waals surface area contributed by atoms with Crippen molar-refractivity contribution in [2.75, 3.05) is 26.8 Å². The van der Waals surface area contributed by atoms with Crippen molar-refractivity contribution < 1.29 is 14.6 Å². The zero-order valence-electron chi connectivity index (χ0n) is 10.3. The second kappa shape index (κ2) is 6.86. The number of rotatable bonds is 6. The number of amides is 1. The van der Waals surface area contributed by atoms with Crippen LogP contribution >= 0.6 is 0 Å². The second-order valence-electron chi connectivity index (χ2n) is 4.60. The third-order valence-electron chi connectivity index (χ3n) is 3.16. The lowest BCUT2D eigenvalue weighted by Gasteiger charge is -2.22. The fourth-order valence-electron chi connectivity index (χ4n) is 1.98. The summed E-state index contributed by atoms with van der Waals surface area (Å²) in [6.07, 6.45) is 3.48. The van der Waals surface area contributed by atoms with Gasteiger partial charge in [-0.3, -0.25) is 4.79 Å². The normalized spacial score (nSPS) is 24.7. The van der Waals surface area contributed by atoms with Gasteiger partial charge in [0.25, 0.3) is 5.91 Å². The number of aliphatic hydroxyl groups excluding tert-OH is 1. The van der Waals surface area contributed by atoms with Gasteiger partial charge in [0, 0.05) is 26.8 Å². The van der Waals surface area contributed by atoms with E-state index in [9.17, 15) is 4.79 Å². The van der Waals surface area contributed by atoms with Crippen molar-refractivity contribution in [3.8, 4) is 0 Å². The first-order valence-corrected chi connectivity index (χ1v) is 6.14. The summed E-state index contributed by atoms with van der Waals surface area (Å²) in [5.41, 5.74) is 0. The molecule has 2 atom stereocenters. The van der Waals surface area contributed by atoms with Gasteiger partial charge >= 0.3 is 0 Å². The molecule has 4 heteroatoms. The van der Waals surface area contributed by atoms with E-state index >= 15 is 0 Å². The average Bonchev–Trinajstić information content (AvgIpc) is 2.69. The van der Waals surface area contributed by atoms with Gasteiger partial charge in [-0.2, -0.15) is 0 Å². The fourth-order valence-corrected chi connectivity index (χ4v) is 1.98. The summed E-state index contributed by atoms with van der Waals surface area (Å²) in [4.78, 5) is 13.7. The minimum absolute atomic E-state index is 0.106. The van der Waals surface area contributed by atoms with Crippen LogP contribution in [0, 0.1) is 5.92 Å². The van der Waals surface area contributed by atoms with Crippen LogP contribution in [0.2, 0.25) is 0 Å². The molecule has 1 N–H and O–H groups in total. The summed E-state index contributed by atoms with van der Waals surface area (Å²) in [6, 6.07) is 0. The maximum Gasteiger partial charge on any atom is 0.251 e. The van der Waals surface area contributed by atoms with E-state index < -0.39 is 0 Å². The molecule has 1 heterocycles. The maximum absolute atomic E-state index is 12.0. The van der Waals surface area contributed by atoms with Gasteiger partial charge in [-0.15, -0.1) is 0 Å². The Morgan fingerprint density at radius 1 is 1.44 bits per heavy atom. The van der Waals surface area contributed by atoms with Crippen LogP contribution in [-0.4, -0.2) is 48.8 Å². The molecule has 0 spiro atoms. The lowest BCUT2D eigenvalue weighted by molar-refractivity contribution is -0.141. The van der Waals surface area contributed by atoms with E-state index in [2.05, 4.69) is 6.92 Å². The Morgan fingerprint density at radius 2 is 2.19 bits per heavy atom. The smallest absolute Gasteiger partial charge is 0.251 e. The topological polar surface area (TPSA) is 49.8 Å². The molecular formula is C12H23NO3. The predicted octanol–water partition coefficient (Wildman–Crippen LogP) is 1.03. The van der Waals surface area contributed by atoms with Gasteiger partial charge in [0.2, 0.25) is 0 Å². The minimum atomic E-state index is -0.233. The number of ether oxygens (including phenoxy) is 1. The zero-order valence-corrected chi connectivity index (χ0v) is 10.3. The van der Waals surface area contributed by atoms with E-state index in [-0.39, 0.29) is 18.6 Å². The number of aliphatic hydroxyl groups is 1. The molecule has 1 amide bonds. The molecule has 0 bridgehead atoms. The lowest BCUT2D eigenvalue weighted by Crippen LogP contribution is -2.39. The Balaban J connectivity index is 2.24. The molecule has 16 heavy (non-hydrogen) atoms. The van der Waals surface area contributed by atoms with Crippen molar-refractivity contribution in [1.29, 1.82) is 0 Å². The highest BCUT2D eigenvalue weighted by Gasteiger charge is 2.32. The van der Waals surface area contributed by atoms with E-state index in [0.29, 0.717) is 12.5 Å². The van der Waals surface area contributed by atoms with Gasteiger partial charge in [-0.1, -0.05) is 6.92 Å². The summed E-state index contributed by atoms with van der Waals surface area (Å²) in [5, 5.41) is 8.65. The number of likely N-dealkylation sites (N-methyl/N-ethyl adjacent to an activating group) is 1. The van der Waals surface area contributed by atoms with Crippen molar-refractivity contribution in [1.82, 2.24) is 4.90 Å². The summed E-state index contributed by atoms with van der Waals surface area (Å²) in [5.74, 6) is 0.446. The number of hydrogen-bond acceptors (Lipinski definition) is 3. The van der Waals surface area contributed by atoms with E-state index in [0.717, 1.165) is 32.2 Å². The number of carbonyl (C=O) groups is 1. The monoisotopic (exact) mass is 229 g/mol. The average molecular weight is 229 g/mol.